The second kappa shape index (κ2) is 9.91. The summed E-state index contributed by atoms with van der Waals surface area (Å²) >= 11 is 5.96. The SMILES string of the molecule is CCNC(=NCC(C)(C)NS(C)(=O)=O)N1CCN(Cc2ccc(Cl)cc2)CC1. The van der Waals surface area contributed by atoms with Gasteiger partial charge in [0.05, 0.1) is 12.8 Å². The number of guanidine groups is 1. The van der Waals surface area contributed by atoms with Crippen LogP contribution in [0, 0.1) is 0 Å². The maximum Gasteiger partial charge on any atom is 0.209 e. The van der Waals surface area contributed by atoms with E-state index < -0.39 is 15.6 Å². The fourth-order valence-electron chi connectivity index (χ4n) is 3.20. The standard InChI is InChI=1S/C19H32ClN5O2S/c1-5-21-18(22-15-19(2,3)23-28(4,26)27)25-12-10-24(11-13-25)14-16-6-8-17(20)9-7-16/h6-9,23H,5,10-15H2,1-4H3,(H,21,22). The number of hydrogen-bond acceptors (Lipinski definition) is 4. The number of nitrogens with one attached hydrogen (secondary N) is 2. The lowest BCUT2D eigenvalue weighted by Gasteiger charge is -2.37. The van der Waals surface area contributed by atoms with Gasteiger partial charge in [-0.25, -0.2) is 13.1 Å². The van der Waals surface area contributed by atoms with Crippen molar-refractivity contribution in [2.75, 3.05) is 45.5 Å². The molecule has 0 amide bonds. The largest absolute Gasteiger partial charge is 0.357 e. The summed E-state index contributed by atoms with van der Waals surface area (Å²) in [7, 11) is -3.27. The van der Waals surface area contributed by atoms with Crippen molar-refractivity contribution < 1.29 is 8.42 Å². The first-order valence-corrected chi connectivity index (χ1v) is 11.8. The van der Waals surface area contributed by atoms with Gasteiger partial charge in [-0.3, -0.25) is 9.89 Å². The Kier molecular flexibility index (Phi) is 8.12. The number of benzene rings is 1. The molecule has 0 atom stereocenters. The number of piperazine rings is 1. The van der Waals surface area contributed by atoms with Crippen molar-refractivity contribution >= 4 is 27.6 Å². The average molecular weight is 430 g/mol. The van der Waals surface area contributed by atoms with Crippen LogP contribution in [0.3, 0.4) is 0 Å². The third-order valence-electron chi connectivity index (χ3n) is 4.41. The molecule has 1 aliphatic rings. The van der Waals surface area contributed by atoms with Crippen LogP contribution < -0.4 is 10.0 Å². The Morgan fingerprint density at radius 1 is 1.18 bits per heavy atom. The monoisotopic (exact) mass is 429 g/mol. The molecule has 1 heterocycles. The molecule has 0 unspecified atom stereocenters. The zero-order chi connectivity index (χ0) is 20.8. The summed E-state index contributed by atoms with van der Waals surface area (Å²) in [6.45, 7) is 11.4. The number of nitrogens with zero attached hydrogens (tertiary/aromatic N) is 3. The molecule has 1 aromatic carbocycles. The van der Waals surface area contributed by atoms with Gasteiger partial charge in [-0.05, 0) is 38.5 Å². The Hall–Kier alpha value is -1.35. The Morgan fingerprint density at radius 2 is 1.79 bits per heavy atom. The van der Waals surface area contributed by atoms with Gasteiger partial charge in [-0.1, -0.05) is 23.7 Å². The number of aliphatic imine (C=N–C) groups is 1. The molecule has 28 heavy (non-hydrogen) atoms. The van der Waals surface area contributed by atoms with E-state index >= 15 is 0 Å². The number of halogens is 1. The zero-order valence-corrected chi connectivity index (χ0v) is 18.8. The summed E-state index contributed by atoms with van der Waals surface area (Å²) in [6.07, 6.45) is 1.17. The first-order chi connectivity index (χ1) is 13.1. The van der Waals surface area contributed by atoms with Crippen molar-refractivity contribution in [3.63, 3.8) is 0 Å². The molecule has 1 saturated heterocycles. The molecule has 158 valence electrons. The summed E-state index contributed by atoms with van der Waals surface area (Å²) in [5, 5.41) is 4.08. The van der Waals surface area contributed by atoms with E-state index in [2.05, 4.69) is 37.0 Å². The van der Waals surface area contributed by atoms with Crippen LogP contribution in [0.4, 0.5) is 0 Å². The van der Waals surface area contributed by atoms with Gasteiger partial charge in [-0.2, -0.15) is 0 Å². The van der Waals surface area contributed by atoms with Gasteiger partial charge in [0.15, 0.2) is 5.96 Å². The molecule has 2 N–H and O–H groups in total. The second-order valence-electron chi connectivity index (χ2n) is 7.82. The van der Waals surface area contributed by atoms with Gasteiger partial charge in [0, 0.05) is 49.8 Å². The molecule has 1 aliphatic heterocycles. The molecule has 7 nitrogen and oxygen atoms in total. The normalized spacial score (nSPS) is 17.0. The predicted octanol–water partition coefficient (Wildman–Crippen LogP) is 1.75. The number of rotatable bonds is 7. The molecule has 0 spiro atoms. The summed E-state index contributed by atoms with van der Waals surface area (Å²) in [6, 6.07) is 7.99. The Morgan fingerprint density at radius 3 is 2.32 bits per heavy atom. The van der Waals surface area contributed by atoms with E-state index in [9.17, 15) is 8.42 Å². The maximum absolute atomic E-state index is 11.5. The van der Waals surface area contributed by atoms with E-state index in [-0.39, 0.29) is 0 Å². The summed E-state index contributed by atoms with van der Waals surface area (Å²) in [5.74, 6) is 0.831. The number of sulfonamides is 1. The van der Waals surface area contributed by atoms with Crippen LogP contribution in [0.25, 0.3) is 0 Å². The Bertz CT molecular complexity index is 757. The molecule has 2 rings (SSSR count). The van der Waals surface area contributed by atoms with Crippen molar-refractivity contribution in [2.45, 2.75) is 32.9 Å². The molecule has 1 aromatic rings. The van der Waals surface area contributed by atoms with Gasteiger partial charge in [0.1, 0.15) is 0 Å². The molecule has 9 heteroatoms. The predicted molar refractivity (Wildman–Crippen MR) is 116 cm³/mol. The van der Waals surface area contributed by atoms with Crippen molar-refractivity contribution in [3.05, 3.63) is 34.9 Å². The van der Waals surface area contributed by atoms with E-state index in [0.717, 1.165) is 50.3 Å². The topological polar surface area (TPSA) is 77.0 Å². The van der Waals surface area contributed by atoms with Crippen LogP contribution in [-0.4, -0.2) is 75.2 Å². The van der Waals surface area contributed by atoms with E-state index in [4.69, 9.17) is 11.6 Å². The summed E-state index contributed by atoms with van der Waals surface area (Å²) in [5.41, 5.74) is 0.622. The van der Waals surface area contributed by atoms with Gasteiger partial charge < -0.3 is 10.2 Å². The van der Waals surface area contributed by atoms with Crippen LogP contribution in [0.2, 0.25) is 5.02 Å². The third-order valence-corrected chi connectivity index (χ3v) is 5.59. The molecule has 0 aliphatic carbocycles. The van der Waals surface area contributed by atoms with Gasteiger partial charge in [0.25, 0.3) is 0 Å². The van der Waals surface area contributed by atoms with E-state index in [1.165, 1.54) is 11.8 Å². The Balaban J connectivity index is 1.93. The zero-order valence-electron chi connectivity index (χ0n) is 17.2. The lowest BCUT2D eigenvalue weighted by Crippen LogP contribution is -2.53. The minimum absolute atomic E-state index is 0.368. The molecular weight excluding hydrogens is 398 g/mol. The van der Waals surface area contributed by atoms with Crippen LogP contribution in [-0.2, 0) is 16.6 Å². The summed E-state index contributed by atoms with van der Waals surface area (Å²) < 4.78 is 25.7. The highest BCUT2D eigenvalue weighted by Gasteiger charge is 2.24. The van der Waals surface area contributed by atoms with Crippen LogP contribution >= 0.6 is 11.6 Å². The fourth-order valence-corrected chi connectivity index (χ4v) is 4.39. The second-order valence-corrected chi connectivity index (χ2v) is 10.0. The molecule has 1 fully saturated rings. The van der Waals surface area contributed by atoms with Crippen molar-refractivity contribution in [2.24, 2.45) is 4.99 Å². The van der Waals surface area contributed by atoms with E-state index in [1.54, 1.807) is 0 Å². The van der Waals surface area contributed by atoms with Crippen LogP contribution in [0.15, 0.2) is 29.3 Å². The molecule has 0 bridgehead atoms. The minimum Gasteiger partial charge on any atom is -0.357 e. The first-order valence-electron chi connectivity index (χ1n) is 9.57. The molecule has 0 radical (unpaired) electrons. The minimum atomic E-state index is -3.27. The van der Waals surface area contributed by atoms with Crippen LogP contribution in [0.1, 0.15) is 26.3 Å². The molecule has 0 aromatic heterocycles. The smallest absolute Gasteiger partial charge is 0.209 e. The van der Waals surface area contributed by atoms with Gasteiger partial charge >= 0.3 is 0 Å². The maximum atomic E-state index is 11.5. The molecular formula is C19H32ClN5O2S. The van der Waals surface area contributed by atoms with Crippen molar-refractivity contribution in [3.8, 4) is 0 Å². The van der Waals surface area contributed by atoms with E-state index in [0.29, 0.717) is 6.54 Å². The van der Waals surface area contributed by atoms with Crippen molar-refractivity contribution in [1.29, 1.82) is 0 Å². The Labute approximate surface area is 174 Å². The fraction of sp³-hybridized carbons (Fsp3) is 0.632. The highest BCUT2D eigenvalue weighted by Crippen LogP contribution is 2.13. The first kappa shape index (κ1) is 22.9. The van der Waals surface area contributed by atoms with Crippen molar-refractivity contribution in [1.82, 2.24) is 19.8 Å². The lowest BCUT2D eigenvalue weighted by atomic mass is 10.1. The molecule has 0 saturated carbocycles. The average Bonchev–Trinajstić information content (AvgIpc) is 2.59. The van der Waals surface area contributed by atoms with Gasteiger partial charge in [-0.15, -0.1) is 0 Å². The third kappa shape index (κ3) is 7.95. The lowest BCUT2D eigenvalue weighted by molar-refractivity contribution is 0.172. The number of hydrogen-bond donors (Lipinski definition) is 2. The van der Waals surface area contributed by atoms with E-state index in [1.807, 2.05) is 32.9 Å². The highest BCUT2D eigenvalue weighted by atomic mass is 35.5. The highest BCUT2D eigenvalue weighted by molar-refractivity contribution is 7.88. The van der Waals surface area contributed by atoms with Gasteiger partial charge in [0.2, 0.25) is 10.0 Å². The van der Waals surface area contributed by atoms with Crippen LogP contribution in [0.5, 0.6) is 0 Å². The quantitative estimate of drug-likeness (QED) is 0.510. The summed E-state index contributed by atoms with van der Waals surface area (Å²) in [4.78, 5) is 9.33.